The highest BCUT2D eigenvalue weighted by atomic mass is 79.9. The summed E-state index contributed by atoms with van der Waals surface area (Å²) in [5.74, 6) is 1.50. The highest BCUT2D eigenvalue weighted by Crippen LogP contribution is 2.38. The lowest BCUT2D eigenvalue weighted by molar-refractivity contribution is 0.480. The lowest BCUT2D eigenvalue weighted by Gasteiger charge is -2.08. The quantitative estimate of drug-likeness (QED) is 0.621. The maximum Gasteiger partial charge on any atom is 0.145 e. The molecule has 0 radical (unpaired) electrons. The first-order valence-corrected chi connectivity index (χ1v) is 7.40. The van der Waals surface area contributed by atoms with Crippen molar-refractivity contribution in [2.45, 2.75) is 0 Å². The highest BCUT2D eigenvalue weighted by molar-refractivity contribution is 9.11. The molecule has 0 bridgehead atoms. The minimum Gasteiger partial charge on any atom is -0.456 e. The predicted octanol–water partition coefficient (Wildman–Crippen LogP) is 5.01. The molecule has 2 aromatic carbocycles. The highest BCUT2D eigenvalue weighted by Gasteiger charge is 2.14. The smallest absolute Gasteiger partial charge is 0.145 e. The summed E-state index contributed by atoms with van der Waals surface area (Å²) < 4.78 is 16.0. The summed E-state index contributed by atoms with van der Waals surface area (Å²) in [6.45, 7) is 0. The van der Waals surface area contributed by atoms with E-state index >= 15 is 0 Å². The van der Waals surface area contributed by atoms with E-state index in [1.54, 1.807) is 0 Å². The van der Waals surface area contributed by atoms with Crippen LogP contribution in [0, 0.1) is 0 Å². The average molecular weight is 386 g/mol. The van der Waals surface area contributed by atoms with Crippen LogP contribution in [0.15, 0.2) is 45.3 Å². The molecule has 0 fully saturated rings. The van der Waals surface area contributed by atoms with Crippen molar-refractivity contribution in [3.8, 4) is 11.5 Å². The lowest BCUT2D eigenvalue weighted by Crippen LogP contribution is -1.87. The number of aromatic nitrogens is 2. The Morgan fingerprint density at radius 1 is 1.00 bits per heavy atom. The number of rotatable bonds is 2. The Bertz CT molecular complexity index is 700. The Morgan fingerprint density at radius 3 is 2.50 bits per heavy atom. The number of hydrogen-bond acceptors (Lipinski definition) is 4. The summed E-state index contributed by atoms with van der Waals surface area (Å²) in [7, 11) is 0. The Labute approximate surface area is 124 Å². The zero-order valence-electron chi connectivity index (χ0n) is 8.93. The third-order valence-electron chi connectivity index (χ3n) is 2.37. The molecule has 0 saturated heterocycles. The van der Waals surface area contributed by atoms with Crippen molar-refractivity contribution in [3.05, 3.63) is 45.3 Å². The van der Waals surface area contributed by atoms with Gasteiger partial charge in [-0.15, -0.1) is 0 Å². The Balaban J connectivity index is 2.09. The zero-order chi connectivity index (χ0) is 12.5. The topological polar surface area (TPSA) is 35.0 Å². The molecule has 90 valence electrons. The van der Waals surface area contributed by atoms with Gasteiger partial charge in [0.2, 0.25) is 0 Å². The van der Waals surface area contributed by atoms with Gasteiger partial charge in [-0.05, 0) is 50.1 Å². The van der Waals surface area contributed by atoms with Crippen molar-refractivity contribution in [1.82, 2.24) is 8.75 Å². The van der Waals surface area contributed by atoms with Gasteiger partial charge in [0.1, 0.15) is 22.5 Å². The molecule has 0 aliphatic heterocycles. The molecule has 0 aliphatic carbocycles. The van der Waals surface area contributed by atoms with Crippen molar-refractivity contribution in [1.29, 1.82) is 0 Å². The summed E-state index contributed by atoms with van der Waals surface area (Å²) >= 11 is 8.17. The second kappa shape index (κ2) is 4.95. The van der Waals surface area contributed by atoms with Crippen LogP contribution in [0.3, 0.4) is 0 Å². The van der Waals surface area contributed by atoms with Gasteiger partial charge in [0, 0.05) is 0 Å². The maximum atomic E-state index is 5.83. The molecule has 6 heteroatoms. The number of benzene rings is 2. The number of nitrogens with zero attached hydrogens (tertiary/aromatic N) is 2. The van der Waals surface area contributed by atoms with Gasteiger partial charge in [-0.2, -0.15) is 8.75 Å². The minimum absolute atomic E-state index is 0.716. The first kappa shape index (κ1) is 12.1. The Morgan fingerprint density at radius 2 is 1.72 bits per heavy atom. The van der Waals surface area contributed by atoms with E-state index in [-0.39, 0.29) is 0 Å². The van der Waals surface area contributed by atoms with Gasteiger partial charge in [-0.1, -0.05) is 18.2 Å². The Hall–Kier alpha value is -0.980. The van der Waals surface area contributed by atoms with Crippen LogP contribution in [0.5, 0.6) is 11.5 Å². The molecule has 0 saturated carbocycles. The van der Waals surface area contributed by atoms with Crippen LogP contribution in [0.1, 0.15) is 0 Å². The third-order valence-corrected chi connectivity index (χ3v) is 4.27. The molecular formula is C12H6Br2N2OS. The summed E-state index contributed by atoms with van der Waals surface area (Å²) in [4.78, 5) is 0. The van der Waals surface area contributed by atoms with Gasteiger partial charge in [-0.25, -0.2) is 0 Å². The normalized spacial score (nSPS) is 10.8. The molecule has 0 N–H and O–H groups in total. The molecule has 0 amide bonds. The fourth-order valence-electron chi connectivity index (χ4n) is 1.54. The van der Waals surface area contributed by atoms with Crippen LogP contribution < -0.4 is 4.74 Å². The molecule has 3 rings (SSSR count). The number of halogens is 2. The van der Waals surface area contributed by atoms with Crippen molar-refractivity contribution < 1.29 is 4.74 Å². The zero-order valence-corrected chi connectivity index (χ0v) is 12.9. The molecule has 1 aromatic heterocycles. The van der Waals surface area contributed by atoms with Crippen LogP contribution >= 0.6 is 43.6 Å². The predicted molar refractivity (Wildman–Crippen MR) is 79.3 cm³/mol. The van der Waals surface area contributed by atoms with Gasteiger partial charge in [-0.3, -0.25) is 0 Å². The largest absolute Gasteiger partial charge is 0.456 e. The number of para-hydroxylation sites is 1. The SMILES string of the molecule is Brc1cc(Oc2ccccc2)c(Br)c2nsnc12. The van der Waals surface area contributed by atoms with Crippen LogP contribution in [0.25, 0.3) is 11.0 Å². The summed E-state index contributed by atoms with van der Waals surface area (Å²) in [5, 5.41) is 0. The first-order valence-electron chi connectivity index (χ1n) is 5.09. The minimum atomic E-state index is 0.716. The van der Waals surface area contributed by atoms with Gasteiger partial charge in [0.05, 0.1) is 20.7 Å². The molecule has 18 heavy (non-hydrogen) atoms. The van der Waals surface area contributed by atoms with E-state index in [0.717, 1.165) is 25.7 Å². The lowest BCUT2D eigenvalue weighted by atomic mass is 10.3. The second-order valence-corrected chi connectivity index (χ2v) is 5.72. The maximum absolute atomic E-state index is 5.83. The van der Waals surface area contributed by atoms with Crippen LogP contribution in [0.4, 0.5) is 0 Å². The van der Waals surface area contributed by atoms with Gasteiger partial charge in [0.25, 0.3) is 0 Å². The van der Waals surface area contributed by atoms with E-state index in [9.17, 15) is 0 Å². The second-order valence-electron chi connectivity index (χ2n) is 3.55. The van der Waals surface area contributed by atoms with E-state index in [0.29, 0.717) is 5.75 Å². The molecule has 3 nitrogen and oxygen atoms in total. The van der Waals surface area contributed by atoms with E-state index in [2.05, 4.69) is 40.6 Å². The third kappa shape index (κ3) is 2.15. The number of ether oxygens (including phenoxy) is 1. The first-order chi connectivity index (χ1) is 8.75. The van der Waals surface area contributed by atoms with Crippen molar-refractivity contribution >= 4 is 54.6 Å². The van der Waals surface area contributed by atoms with E-state index in [1.165, 1.54) is 11.7 Å². The van der Waals surface area contributed by atoms with Gasteiger partial charge in [0.15, 0.2) is 0 Å². The van der Waals surface area contributed by atoms with E-state index in [1.807, 2.05) is 36.4 Å². The van der Waals surface area contributed by atoms with Crippen LogP contribution in [0.2, 0.25) is 0 Å². The van der Waals surface area contributed by atoms with Crippen molar-refractivity contribution in [2.24, 2.45) is 0 Å². The fourth-order valence-corrected chi connectivity index (χ4v) is 3.30. The molecular weight excluding hydrogens is 380 g/mol. The standard InChI is InChI=1S/C12H6Br2N2OS/c13-8-6-9(17-7-4-2-1-3-5-7)10(14)12-11(8)15-18-16-12/h1-6H. The summed E-state index contributed by atoms with van der Waals surface area (Å²) in [6.07, 6.45) is 0. The van der Waals surface area contributed by atoms with Crippen LogP contribution in [-0.4, -0.2) is 8.75 Å². The monoisotopic (exact) mass is 384 g/mol. The molecule has 0 unspecified atom stereocenters. The average Bonchev–Trinajstić information content (AvgIpc) is 2.87. The molecule has 3 aromatic rings. The van der Waals surface area contributed by atoms with E-state index < -0.39 is 0 Å². The number of hydrogen-bond donors (Lipinski definition) is 0. The van der Waals surface area contributed by atoms with Crippen molar-refractivity contribution in [2.75, 3.05) is 0 Å². The summed E-state index contributed by atoms with van der Waals surface area (Å²) in [6, 6.07) is 11.5. The molecule has 0 spiro atoms. The molecule has 1 heterocycles. The summed E-state index contributed by atoms with van der Waals surface area (Å²) in [5.41, 5.74) is 1.65. The molecule has 0 aliphatic rings. The van der Waals surface area contributed by atoms with Gasteiger partial charge < -0.3 is 4.74 Å². The Kier molecular flexibility index (Phi) is 3.32. The van der Waals surface area contributed by atoms with Gasteiger partial charge >= 0.3 is 0 Å². The van der Waals surface area contributed by atoms with Crippen LogP contribution in [-0.2, 0) is 0 Å². The van der Waals surface area contributed by atoms with Crippen molar-refractivity contribution in [3.63, 3.8) is 0 Å². The number of fused-ring (bicyclic) bond motifs is 1. The molecule has 0 atom stereocenters. The fraction of sp³-hybridized carbons (Fsp3) is 0. The van der Waals surface area contributed by atoms with E-state index in [4.69, 9.17) is 4.74 Å².